The molecule has 0 heterocycles. The van der Waals surface area contributed by atoms with Crippen LogP contribution in [-0.4, -0.2) is 59.3 Å². The van der Waals surface area contributed by atoms with Crippen molar-refractivity contribution in [2.45, 2.75) is 33.0 Å². The number of carbonyl (C=O) groups excluding carboxylic acids is 2. The Morgan fingerprint density at radius 1 is 1.12 bits per heavy atom. The van der Waals surface area contributed by atoms with Gasteiger partial charge in [0.05, 0.1) is 6.61 Å². The third kappa shape index (κ3) is 11.2. The summed E-state index contributed by atoms with van der Waals surface area (Å²) in [5.74, 6) is -2.43. The van der Waals surface area contributed by atoms with Gasteiger partial charge in [-0.3, -0.25) is 0 Å². The third-order valence-corrected chi connectivity index (χ3v) is 1.40. The Hall–Kier alpha value is -1.02. The van der Waals surface area contributed by atoms with Gasteiger partial charge in [-0.1, -0.05) is 0 Å². The first-order valence-corrected chi connectivity index (χ1v) is 5.20. The van der Waals surface area contributed by atoms with Crippen LogP contribution in [0.1, 0.15) is 20.8 Å². The topological polar surface area (TPSA) is 113 Å². The molecule has 7 nitrogen and oxygen atoms in total. The summed E-state index contributed by atoms with van der Waals surface area (Å²) in [4.78, 5) is 21.0. The maximum Gasteiger partial charge on any atom is 0.345 e. The molecule has 0 rings (SSSR count). The third-order valence-electron chi connectivity index (χ3n) is 1.40. The van der Waals surface area contributed by atoms with Crippen LogP contribution in [0.15, 0.2) is 0 Å². The van der Waals surface area contributed by atoms with Crippen LogP contribution in [-0.2, 0) is 19.1 Å². The molecule has 0 bridgehead atoms. The van der Waals surface area contributed by atoms with E-state index in [0.29, 0.717) is 0 Å². The van der Waals surface area contributed by atoms with E-state index in [1.165, 1.54) is 0 Å². The highest BCUT2D eigenvalue weighted by Gasteiger charge is 2.21. The van der Waals surface area contributed by atoms with Gasteiger partial charge in [0.2, 0.25) is 0 Å². The van der Waals surface area contributed by atoms with Crippen LogP contribution in [0.4, 0.5) is 0 Å². The molecule has 2 atom stereocenters. The summed E-state index contributed by atoms with van der Waals surface area (Å²) in [6, 6.07) is 0. The van der Waals surface area contributed by atoms with Crippen molar-refractivity contribution in [2.75, 3.05) is 19.8 Å². The molecule has 102 valence electrons. The Morgan fingerprint density at radius 2 is 1.59 bits per heavy atom. The normalized spacial score (nSPS) is 13.1. The van der Waals surface area contributed by atoms with Crippen LogP contribution >= 0.6 is 0 Å². The Kier molecular flexibility index (Phi) is 12.4. The molecule has 0 aliphatic rings. The summed E-state index contributed by atoms with van der Waals surface area (Å²) in [6.45, 7) is 5.95. The van der Waals surface area contributed by atoms with Crippen molar-refractivity contribution in [3.8, 4) is 0 Å². The Labute approximate surface area is 100.0 Å². The molecule has 0 aromatic heterocycles. The minimum atomic E-state index is -1.74. The van der Waals surface area contributed by atoms with Gasteiger partial charge in [-0.15, -0.1) is 0 Å². The molecule has 0 aromatic rings. The monoisotopic (exact) mass is 252 g/mol. The number of ether oxygens (including phenoxy) is 2. The van der Waals surface area contributed by atoms with Gasteiger partial charge in [0.25, 0.3) is 0 Å². The Morgan fingerprint density at radius 3 is 1.82 bits per heavy atom. The van der Waals surface area contributed by atoms with Crippen molar-refractivity contribution >= 4 is 11.9 Å². The highest BCUT2D eigenvalue weighted by Crippen LogP contribution is 1.92. The zero-order chi connectivity index (χ0) is 13.8. The molecule has 2 unspecified atom stereocenters. The summed E-state index contributed by atoms with van der Waals surface area (Å²) >= 11 is 0. The summed E-state index contributed by atoms with van der Waals surface area (Å²) < 4.78 is 8.76. The molecule has 0 aromatic carbocycles. The minimum Gasteiger partial charge on any atom is -0.393 e. The molecule has 0 aliphatic carbocycles. The Bertz CT molecular complexity index is 213. The number of rotatable bonds is 5. The largest absolute Gasteiger partial charge is 0.393 e. The molecule has 0 saturated carbocycles. The highest BCUT2D eigenvalue weighted by atomic mass is 16.6. The second kappa shape index (κ2) is 11.5. The Balaban J connectivity index is 0. The van der Waals surface area contributed by atoms with Crippen LogP contribution in [0.25, 0.3) is 0 Å². The maximum atomic E-state index is 10.5. The van der Waals surface area contributed by atoms with E-state index in [1.54, 1.807) is 0 Å². The minimum absolute atomic E-state index is 0.827. The molecule has 7 heteroatoms. The smallest absolute Gasteiger partial charge is 0.345 e. The molecule has 0 radical (unpaired) electrons. The number of hydrogen-bond acceptors (Lipinski definition) is 7. The first-order valence-electron chi connectivity index (χ1n) is 5.20. The lowest BCUT2D eigenvalue weighted by atomic mass is 10.4. The van der Waals surface area contributed by atoms with E-state index >= 15 is 0 Å². The predicted octanol–water partition coefficient (Wildman–Crippen LogP) is -1.17. The standard InChI is InChI=1S/C6H10O6.C4H10O/c1-3(8)5(10)12-6(11)4(9)2-7;1-3-5-4-2/h3-4,7-9H,2H2,1H3;3-4H2,1-2H3. The van der Waals surface area contributed by atoms with E-state index in [2.05, 4.69) is 4.74 Å². The zero-order valence-electron chi connectivity index (χ0n) is 10.3. The van der Waals surface area contributed by atoms with Gasteiger partial charge in [0.1, 0.15) is 6.10 Å². The lowest BCUT2D eigenvalue weighted by Gasteiger charge is -2.07. The summed E-state index contributed by atoms with van der Waals surface area (Å²) in [5.41, 5.74) is 0. The fraction of sp³-hybridized carbons (Fsp3) is 0.800. The van der Waals surface area contributed by atoms with Crippen LogP contribution < -0.4 is 0 Å². The average Bonchev–Trinajstić information content (AvgIpc) is 2.29. The first kappa shape index (κ1) is 18.3. The second-order valence-electron chi connectivity index (χ2n) is 2.90. The molecule has 0 aliphatic heterocycles. The quantitative estimate of drug-likeness (QED) is 0.417. The number of aliphatic hydroxyl groups excluding tert-OH is 3. The first-order chi connectivity index (χ1) is 7.90. The van der Waals surface area contributed by atoms with Crippen molar-refractivity contribution in [3.63, 3.8) is 0 Å². The highest BCUT2D eigenvalue weighted by molar-refractivity contribution is 5.89. The van der Waals surface area contributed by atoms with Crippen LogP contribution in [0.2, 0.25) is 0 Å². The van der Waals surface area contributed by atoms with Gasteiger partial charge in [-0.25, -0.2) is 9.59 Å². The van der Waals surface area contributed by atoms with E-state index in [1.807, 2.05) is 13.8 Å². The van der Waals surface area contributed by atoms with E-state index in [9.17, 15) is 9.59 Å². The van der Waals surface area contributed by atoms with E-state index in [4.69, 9.17) is 20.1 Å². The van der Waals surface area contributed by atoms with Crippen molar-refractivity contribution in [1.82, 2.24) is 0 Å². The lowest BCUT2D eigenvalue weighted by Crippen LogP contribution is -2.32. The van der Waals surface area contributed by atoms with Gasteiger partial charge < -0.3 is 24.8 Å². The molecule has 0 saturated heterocycles. The second-order valence-corrected chi connectivity index (χ2v) is 2.90. The molecule has 0 fully saturated rings. The molecular formula is C10H20O7. The van der Waals surface area contributed by atoms with E-state index < -0.39 is 30.8 Å². The average molecular weight is 252 g/mol. The molecule has 3 N–H and O–H groups in total. The summed E-state index contributed by atoms with van der Waals surface area (Å²) in [5, 5.41) is 25.4. The van der Waals surface area contributed by atoms with Crippen molar-refractivity contribution in [3.05, 3.63) is 0 Å². The van der Waals surface area contributed by atoms with Crippen molar-refractivity contribution < 1.29 is 34.4 Å². The molecule has 0 spiro atoms. The van der Waals surface area contributed by atoms with Crippen LogP contribution in [0.3, 0.4) is 0 Å². The fourth-order valence-electron chi connectivity index (χ4n) is 0.531. The number of aliphatic hydroxyl groups is 3. The lowest BCUT2D eigenvalue weighted by molar-refractivity contribution is -0.171. The fourth-order valence-corrected chi connectivity index (χ4v) is 0.531. The zero-order valence-corrected chi connectivity index (χ0v) is 10.3. The van der Waals surface area contributed by atoms with Crippen LogP contribution in [0, 0.1) is 0 Å². The van der Waals surface area contributed by atoms with Crippen LogP contribution in [0.5, 0.6) is 0 Å². The van der Waals surface area contributed by atoms with Crippen molar-refractivity contribution in [2.24, 2.45) is 0 Å². The number of hydrogen-bond donors (Lipinski definition) is 3. The SMILES string of the molecule is CC(O)C(=O)OC(=O)C(O)CO.CCOCC. The van der Waals surface area contributed by atoms with E-state index in [0.717, 1.165) is 20.1 Å². The van der Waals surface area contributed by atoms with Gasteiger partial charge in [0, 0.05) is 13.2 Å². The number of carbonyl (C=O) groups is 2. The summed E-state index contributed by atoms with van der Waals surface area (Å²) in [7, 11) is 0. The van der Waals surface area contributed by atoms with Gasteiger partial charge in [0.15, 0.2) is 6.10 Å². The summed E-state index contributed by atoms with van der Waals surface area (Å²) in [6.07, 6.45) is -3.17. The maximum absolute atomic E-state index is 10.5. The molecule has 0 amide bonds. The van der Waals surface area contributed by atoms with Gasteiger partial charge in [-0.05, 0) is 20.8 Å². The van der Waals surface area contributed by atoms with E-state index in [-0.39, 0.29) is 0 Å². The van der Waals surface area contributed by atoms with Gasteiger partial charge in [-0.2, -0.15) is 0 Å². The molecule has 17 heavy (non-hydrogen) atoms. The predicted molar refractivity (Wildman–Crippen MR) is 58.0 cm³/mol. The number of esters is 2. The van der Waals surface area contributed by atoms with Gasteiger partial charge >= 0.3 is 11.9 Å². The molecular weight excluding hydrogens is 232 g/mol. The van der Waals surface area contributed by atoms with Crippen molar-refractivity contribution in [1.29, 1.82) is 0 Å².